The van der Waals surface area contributed by atoms with E-state index in [9.17, 15) is 5.11 Å². The van der Waals surface area contributed by atoms with Gasteiger partial charge in [0.1, 0.15) is 11.4 Å². The SMILES string of the molecule is OCCn1nc(-c2ccc(O)cc2)c2cccc(Cl)c21. The van der Waals surface area contributed by atoms with E-state index in [1.54, 1.807) is 35.0 Å². The van der Waals surface area contributed by atoms with Gasteiger partial charge < -0.3 is 10.2 Å². The van der Waals surface area contributed by atoms with Crippen LogP contribution in [0.5, 0.6) is 5.75 Å². The summed E-state index contributed by atoms with van der Waals surface area (Å²) in [5.74, 6) is 0.214. The molecule has 0 radical (unpaired) electrons. The highest BCUT2D eigenvalue weighted by atomic mass is 35.5. The number of hydrogen-bond donors (Lipinski definition) is 2. The number of halogens is 1. The molecule has 102 valence electrons. The zero-order chi connectivity index (χ0) is 14.1. The minimum atomic E-state index is -0.00296. The van der Waals surface area contributed by atoms with Crippen LogP contribution in [0.4, 0.5) is 0 Å². The highest BCUT2D eigenvalue weighted by molar-refractivity contribution is 6.35. The Morgan fingerprint density at radius 3 is 2.55 bits per heavy atom. The Labute approximate surface area is 120 Å². The number of rotatable bonds is 3. The summed E-state index contributed by atoms with van der Waals surface area (Å²) in [6.45, 7) is 0.384. The number of hydrogen-bond acceptors (Lipinski definition) is 3. The van der Waals surface area contributed by atoms with Crippen molar-refractivity contribution in [1.82, 2.24) is 9.78 Å². The van der Waals surface area contributed by atoms with Gasteiger partial charge in [-0.3, -0.25) is 4.68 Å². The number of benzene rings is 2. The number of aromatic hydroxyl groups is 1. The largest absolute Gasteiger partial charge is 0.508 e. The van der Waals surface area contributed by atoms with Gasteiger partial charge in [0.05, 0.1) is 23.7 Å². The summed E-state index contributed by atoms with van der Waals surface area (Å²) >= 11 is 6.24. The third-order valence-electron chi connectivity index (χ3n) is 3.17. The monoisotopic (exact) mass is 288 g/mol. The molecule has 0 amide bonds. The van der Waals surface area contributed by atoms with E-state index < -0.39 is 0 Å². The van der Waals surface area contributed by atoms with E-state index in [1.807, 2.05) is 12.1 Å². The average Bonchev–Trinajstić information content (AvgIpc) is 2.80. The van der Waals surface area contributed by atoms with Gasteiger partial charge in [0, 0.05) is 10.9 Å². The highest BCUT2D eigenvalue weighted by Crippen LogP contribution is 2.32. The number of fused-ring (bicyclic) bond motifs is 1. The minimum absolute atomic E-state index is 0.00296. The quantitative estimate of drug-likeness (QED) is 0.779. The smallest absolute Gasteiger partial charge is 0.115 e. The van der Waals surface area contributed by atoms with Crippen molar-refractivity contribution in [2.24, 2.45) is 0 Å². The molecule has 0 aliphatic heterocycles. The lowest BCUT2D eigenvalue weighted by Gasteiger charge is -2.01. The number of para-hydroxylation sites is 1. The molecule has 3 rings (SSSR count). The molecular formula is C15H13ClN2O2. The van der Waals surface area contributed by atoms with E-state index in [0.29, 0.717) is 11.6 Å². The van der Waals surface area contributed by atoms with Crippen molar-refractivity contribution >= 4 is 22.5 Å². The molecule has 0 saturated carbocycles. The molecule has 1 heterocycles. The zero-order valence-electron chi connectivity index (χ0n) is 10.6. The van der Waals surface area contributed by atoms with Crippen LogP contribution in [-0.4, -0.2) is 26.6 Å². The van der Waals surface area contributed by atoms with E-state index in [0.717, 1.165) is 22.2 Å². The van der Waals surface area contributed by atoms with Crippen LogP contribution in [0.15, 0.2) is 42.5 Å². The van der Waals surface area contributed by atoms with Gasteiger partial charge in [-0.2, -0.15) is 5.10 Å². The van der Waals surface area contributed by atoms with Gasteiger partial charge in [0.15, 0.2) is 0 Å². The van der Waals surface area contributed by atoms with Crippen molar-refractivity contribution in [3.63, 3.8) is 0 Å². The predicted octanol–water partition coefficient (Wildman–Crippen LogP) is 3.05. The van der Waals surface area contributed by atoms with Gasteiger partial charge in [-0.25, -0.2) is 0 Å². The van der Waals surface area contributed by atoms with Crippen LogP contribution in [0, 0.1) is 0 Å². The fraction of sp³-hybridized carbons (Fsp3) is 0.133. The molecule has 0 fully saturated rings. The Balaban J connectivity index is 2.25. The van der Waals surface area contributed by atoms with Gasteiger partial charge in [0.2, 0.25) is 0 Å². The number of phenolic OH excluding ortho intramolecular Hbond substituents is 1. The topological polar surface area (TPSA) is 58.3 Å². The summed E-state index contributed by atoms with van der Waals surface area (Å²) in [6, 6.07) is 12.5. The summed E-state index contributed by atoms with van der Waals surface area (Å²) in [4.78, 5) is 0. The minimum Gasteiger partial charge on any atom is -0.508 e. The highest BCUT2D eigenvalue weighted by Gasteiger charge is 2.14. The van der Waals surface area contributed by atoms with Crippen molar-refractivity contribution in [2.45, 2.75) is 6.54 Å². The molecule has 0 aliphatic rings. The van der Waals surface area contributed by atoms with Crippen molar-refractivity contribution < 1.29 is 10.2 Å². The maximum Gasteiger partial charge on any atom is 0.115 e. The molecule has 20 heavy (non-hydrogen) atoms. The fourth-order valence-corrected chi connectivity index (χ4v) is 2.55. The van der Waals surface area contributed by atoms with E-state index in [4.69, 9.17) is 16.7 Å². The number of phenols is 1. The zero-order valence-corrected chi connectivity index (χ0v) is 11.4. The average molecular weight is 289 g/mol. The van der Waals surface area contributed by atoms with Crippen LogP contribution in [0.25, 0.3) is 22.2 Å². The molecule has 3 aromatic rings. The Hall–Kier alpha value is -2.04. The standard InChI is InChI=1S/C15H13ClN2O2/c16-13-3-1-2-12-14(10-4-6-11(20)7-5-10)17-18(8-9-19)15(12)13/h1-7,19-20H,8-9H2. The Morgan fingerprint density at radius 1 is 1.10 bits per heavy atom. The molecule has 2 aromatic carbocycles. The lowest BCUT2D eigenvalue weighted by Crippen LogP contribution is -2.03. The molecule has 2 N–H and O–H groups in total. The molecule has 0 bridgehead atoms. The van der Waals surface area contributed by atoms with Crippen molar-refractivity contribution in [3.05, 3.63) is 47.5 Å². The summed E-state index contributed by atoms with van der Waals surface area (Å²) < 4.78 is 1.71. The Bertz CT molecular complexity index is 750. The third-order valence-corrected chi connectivity index (χ3v) is 3.48. The van der Waals surface area contributed by atoms with Gasteiger partial charge in [-0.15, -0.1) is 0 Å². The predicted molar refractivity (Wildman–Crippen MR) is 78.9 cm³/mol. The second kappa shape index (κ2) is 5.15. The number of aromatic nitrogens is 2. The molecule has 0 unspecified atom stereocenters. The summed E-state index contributed by atoms with van der Waals surface area (Å²) in [7, 11) is 0. The van der Waals surface area contributed by atoms with Crippen LogP contribution in [0.3, 0.4) is 0 Å². The van der Waals surface area contributed by atoms with Crippen molar-refractivity contribution in [1.29, 1.82) is 0 Å². The summed E-state index contributed by atoms with van der Waals surface area (Å²) in [5, 5.41) is 24.6. The van der Waals surface area contributed by atoms with Gasteiger partial charge >= 0.3 is 0 Å². The molecule has 1 aromatic heterocycles. The number of aliphatic hydroxyl groups excluding tert-OH is 1. The van der Waals surface area contributed by atoms with Crippen molar-refractivity contribution in [3.8, 4) is 17.0 Å². The van der Waals surface area contributed by atoms with Crippen LogP contribution in [0.1, 0.15) is 0 Å². The van der Waals surface area contributed by atoms with Crippen LogP contribution in [-0.2, 0) is 6.54 Å². The maximum atomic E-state index is 9.37. The lowest BCUT2D eigenvalue weighted by molar-refractivity contribution is 0.272. The van der Waals surface area contributed by atoms with Gasteiger partial charge in [-0.1, -0.05) is 23.7 Å². The third kappa shape index (κ3) is 2.13. The first-order chi connectivity index (χ1) is 9.70. The Kier molecular flexibility index (Phi) is 3.34. The van der Waals surface area contributed by atoms with Gasteiger partial charge in [0.25, 0.3) is 0 Å². The first-order valence-electron chi connectivity index (χ1n) is 6.26. The van der Waals surface area contributed by atoms with E-state index in [2.05, 4.69) is 5.10 Å². The second-order valence-electron chi connectivity index (χ2n) is 4.48. The van der Waals surface area contributed by atoms with E-state index in [-0.39, 0.29) is 12.4 Å². The van der Waals surface area contributed by atoms with Gasteiger partial charge in [-0.05, 0) is 30.3 Å². The second-order valence-corrected chi connectivity index (χ2v) is 4.89. The lowest BCUT2D eigenvalue weighted by atomic mass is 10.1. The first-order valence-corrected chi connectivity index (χ1v) is 6.64. The van der Waals surface area contributed by atoms with Crippen LogP contribution < -0.4 is 0 Å². The molecule has 0 saturated heterocycles. The number of aliphatic hydroxyl groups is 1. The molecule has 5 heteroatoms. The van der Waals surface area contributed by atoms with Crippen LogP contribution >= 0.6 is 11.6 Å². The maximum absolute atomic E-state index is 9.37. The summed E-state index contributed by atoms with van der Waals surface area (Å²) in [5.41, 5.74) is 2.49. The number of nitrogens with zero attached hydrogens (tertiary/aromatic N) is 2. The van der Waals surface area contributed by atoms with E-state index >= 15 is 0 Å². The molecule has 0 spiro atoms. The molecular weight excluding hydrogens is 276 g/mol. The van der Waals surface area contributed by atoms with Crippen LogP contribution in [0.2, 0.25) is 5.02 Å². The normalized spacial score (nSPS) is 11.1. The first kappa shape index (κ1) is 13.0. The summed E-state index contributed by atoms with van der Waals surface area (Å²) in [6.07, 6.45) is 0. The molecule has 0 aliphatic carbocycles. The Morgan fingerprint density at radius 2 is 1.85 bits per heavy atom. The van der Waals surface area contributed by atoms with E-state index in [1.165, 1.54) is 0 Å². The van der Waals surface area contributed by atoms with Crippen molar-refractivity contribution in [2.75, 3.05) is 6.61 Å². The fourth-order valence-electron chi connectivity index (χ4n) is 2.28. The molecule has 0 atom stereocenters. The molecule has 4 nitrogen and oxygen atoms in total.